The molecule has 1 heterocycles. The molecule has 198 valence electrons. The second kappa shape index (κ2) is 11.9. The fourth-order valence-electron chi connectivity index (χ4n) is 5.08. The van der Waals surface area contributed by atoms with E-state index in [0.29, 0.717) is 30.9 Å². The van der Waals surface area contributed by atoms with Crippen LogP contribution in [-0.4, -0.2) is 48.9 Å². The lowest BCUT2D eigenvalue weighted by atomic mass is 9.84. The van der Waals surface area contributed by atoms with Crippen molar-refractivity contribution < 1.29 is 19.1 Å². The highest BCUT2D eigenvalue weighted by molar-refractivity contribution is 5.95. The molecular weight excluding hydrogens is 478 g/mol. The monoisotopic (exact) mass is 513 g/mol. The maximum Gasteiger partial charge on any atom is 0.306 e. The Hall–Kier alpha value is -4.13. The number of ether oxygens (including phenoxy) is 2. The lowest BCUT2D eigenvalue weighted by Gasteiger charge is -2.25. The topological polar surface area (TPSA) is 106 Å². The van der Waals surface area contributed by atoms with Crippen LogP contribution >= 0.6 is 0 Å². The highest BCUT2D eigenvalue weighted by Crippen LogP contribution is 2.39. The fraction of sp³-hybridized carbons (Fsp3) is 0.323. The predicted molar refractivity (Wildman–Crippen MR) is 148 cm³/mol. The zero-order valence-electron chi connectivity index (χ0n) is 22.0. The van der Waals surface area contributed by atoms with Gasteiger partial charge in [-0.2, -0.15) is 0 Å². The summed E-state index contributed by atoms with van der Waals surface area (Å²) in [6, 6.07) is 25.4. The van der Waals surface area contributed by atoms with Crippen molar-refractivity contribution in [3.05, 3.63) is 90.0 Å². The van der Waals surface area contributed by atoms with E-state index in [1.165, 1.54) is 12.7 Å². The Labute approximate surface area is 224 Å². The Morgan fingerprint density at radius 1 is 1.03 bits per heavy atom. The molecule has 2 atom stereocenters. The smallest absolute Gasteiger partial charge is 0.306 e. The first kappa shape index (κ1) is 26.9. The van der Waals surface area contributed by atoms with Crippen LogP contribution in [0.25, 0.3) is 11.1 Å². The molecule has 1 aliphatic rings. The summed E-state index contributed by atoms with van der Waals surface area (Å²) in [6.07, 6.45) is 2.30. The minimum atomic E-state index is -0.802. The van der Waals surface area contributed by atoms with E-state index in [1.807, 2.05) is 78.6 Å². The number of rotatable bonds is 11. The molecule has 38 heavy (non-hydrogen) atoms. The number of nitrogens with two attached hydrogens (primary N) is 1. The van der Waals surface area contributed by atoms with E-state index in [-0.39, 0.29) is 30.2 Å². The van der Waals surface area contributed by atoms with E-state index < -0.39 is 5.41 Å². The average Bonchev–Trinajstić information content (AvgIpc) is 3.17. The number of nitrogens with one attached hydrogen (secondary N) is 1. The van der Waals surface area contributed by atoms with Gasteiger partial charge in [0.25, 0.3) is 0 Å². The molecule has 0 bridgehead atoms. The van der Waals surface area contributed by atoms with Gasteiger partial charge in [-0.3, -0.25) is 15.0 Å². The number of amidine groups is 1. The third-order valence-corrected chi connectivity index (χ3v) is 7.20. The molecule has 7 nitrogen and oxygen atoms in total. The zero-order valence-corrected chi connectivity index (χ0v) is 22.0. The van der Waals surface area contributed by atoms with Crippen LogP contribution in [0.3, 0.4) is 0 Å². The number of hydrogen-bond donors (Lipinski definition) is 2. The first-order valence-corrected chi connectivity index (χ1v) is 12.9. The molecule has 0 aliphatic carbocycles. The van der Waals surface area contributed by atoms with Crippen LogP contribution in [0.15, 0.2) is 78.9 Å². The molecule has 3 aromatic carbocycles. The normalized spacial score (nSPS) is 18.8. The maximum absolute atomic E-state index is 13.5. The molecule has 0 spiro atoms. The first-order chi connectivity index (χ1) is 18.3. The van der Waals surface area contributed by atoms with Crippen molar-refractivity contribution in [3.8, 4) is 16.9 Å². The molecule has 1 aliphatic heterocycles. The number of nitrogens with zero attached hydrogens (tertiary/aromatic N) is 1. The standard InChI is InChI=1S/C31H35N3O4/c1-31(20-28(35)37-2)19-26(34(30(31)36)18-6-9-22-7-4-3-5-8-22)21-38-27-16-14-24(15-17-27)23-10-12-25(13-11-23)29(32)33/h3-5,7-8,10-17,26H,6,9,18-21H2,1-2H3,(H3,32,33)/t26-,31-/m0/s1. The predicted octanol–water partition coefficient (Wildman–Crippen LogP) is 4.82. The number of carbonyl (C=O) groups excluding carboxylic acids is 2. The lowest BCUT2D eigenvalue weighted by molar-refractivity contribution is -0.148. The molecule has 0 radical (unpaired) electrons. The Morgan fingerprint density at radius 3 is 2.26 bits per heavy atom. The third kappa shape index (κ3) is 6.40. The summed E-state index contributed by atoms with van der Waals surface area (Å²) >= 11 is 0. The molecule has 0 saturated carbocycles. The number of carbonyl (C=O) groups is 2. The van der Waals surface area contributed by atoms with Gasteiger partial charge in [-0.25, -0.2) is 0 Å². The summed E-state index contributed by atoms with van der Waals surface area (Å²) in [4.78, 5) is 27.4. The fourth-order valence-corrected chi connectivity index (χ4v) is 5.08. The summed E-state index contributed by atoms with van der Waals surface area (Å²) in [5.41, 5.74) is 8.71. The van der Waals surface area contributed by atoms with Gasteiger partial charge in [-0.15, -0.1) is 0 Å². The Kier molecular flexibility index (Phi) is 8.46. The number of amides is 1. The first-order valence-electron chi connectivity index (χ1n) is 12.9. The number of aryl methyl sites for hydroxylation is 1. The molecule has 1 amide bonds. The van der Waals surface area contributed by atoms with Gasteiger partial charge in [0, 0.05) is 12.1 Å². The summed E-state index contributed by atoms with van der Waals surface area (Å²) in [7, 11) is 1.35. The van der Waals surface area contributed by atoms with Crippen LogP contribution in [0.2, 0.25) is 0 Å². The Balaban J connectivity index is 1.41. The molecule has 0 unspecified atom stereocenters. The Bertz CT molecular complexity index is 1260. The number of methoxy groups -OCH3 is 1. The van der Waals surface area contributed by atoms with Crippen LogP contribution in [0.1, 0.15) is 37.3 Å². The molecule has 4 rings (SSSR count). The van der Waals surface area contributed by atoms with E-state index in [0.717, 1.165) is 24.0 Å². The molecule has 1 fully saturated rings. The molecule has 3 aromatic rings. The van der Waals surface area contributed by atoms with Crippen LogP contribution in [0.4, 0.5) is 0 Å². The van der Waals surface area contributed by atoms with Gasteiger partial charge in [0.1, 0.15) is 18.2 Å². The maximum atomic E-state index is 13.5. The highest BCUT2D eigenvalue weighted by Gasteiger charge is 2.49. The minimum absolute atomic E-state index is 0.0195. The van der Waals surface area contributed by atoms with Gasteiger partial charge >= 0.3 is 5.97 Å². The third-order valence-electron chi connectivity index (χ3n) is 7.20. The van der Waals surface area contributed by atoms with Gasteiger partial charge in [0.15, 0.2) is 0 Å². The molecule has 7 heteroatoms. The van der Waals surface area contributed by atoms with Crippen molar-refractivity contribution in [2.45, 2.75) is 38.6 Å². The number of esters is 1. The number of hydrogen-bond acceptors (Lipinski definition) is 5. The summed E-state index contributed by atoms with van der Waals surface area (Å²) < 4.78 is 11.0. The lowest BCUT2D eigenvalue weighted by Crippen LogP contribution is -2.39. The van der Waals surface area contributed by atoms with Crippen molar-refractivity contribution in [1.82, 2.24) is 4.90 Å². The summed E-state index contributed by atoms with van der Waals surface area (Å²) in [5, 5.41) is 7.54. The van der Waals surface area contributed by atoms with Crippen LogP contribution in [0, 0.1) is 10.8 Å². The molecule has 0 aromatic heterocycles. The van der Waals surface area contributed by atoms with Crippen molar-refractivity contribution >= 4 is 17.7 Å². The quantitative estimate of drug-likeness (QED) is 0.217. The van der Waals surface area contributed by atoms with E-state index in [9.17, 15) is 9.59 Å². The van der Waals surface area contributed by atoms with E-state index >= 15 is 0 Å². The number of benzene rings is 3. The molecular formula is C31H35N3O4. The van der Waals surface area contributed by atoms with E-state index in [2.05, 4.69) is 12.1 Å². The SMILES string of the molecule is COC(=O)C[C@]1(C)C[C@@H](COc2ccc(-c3ccc(C(=N)N)cc3)cc2)N(CCCc2ccccc2)C1=O. The zero-order chi connectivity index (χ0) is 27.1. The minimum Gasteiger partial charge on any atom is -0.491 e. The highest BCUT2D eigenvalue weighted by atomic mass is 16.5. The summed E-state index contributed by atoms with van der Waals surface area (Å²) in [6.45, 7) is 2.80. The van der Waals surface area contributed by atoms with Gasteiger partial charge in [-0.05, 0) is 48.1 Å². The van der Waals surface area contributed by atoms with Crippen molar-refractivity contribution in [2.24, 2.45) is 11.1 Å². The number of nitrogen functional groups attached to an aromatic ring is 1. The van der Waals surface area contributed by atoms with E-state index in [4.69, 9.17) is 20.6 Å². The second-order valence-corrected chi connectivity index (χ2v) is 10.1. The van der Waals surface area contributed by atoms with Gasteiger partial charge in [-0.1, -0.05) is 73.7 Å². The van der Waals surface area contributed by atoms with Crippen molar-refractivity contribution in [3.63, 3.8) is 0 Å². The van der Waals surface area contributed by atoms with Gasteiger partial charge < -0.3 is 20.1 Å². The average molecular weight is 514 g/mol. The van der Waals surface area contributed by atoms with Crippen LogP contribution in [0.5, 0.6) is 5.75 Å². The largest absolute Gasteiger partial charge is 0.491 e. The van der Waals surface area contributed by atoms with Crippen molar-refractivity contribution in [1.29, 1.82) is 5.41 Å². The van der Waals surface area contributed by atoms with Gasteiger partial charge in [0.05, 0.1) is 25.0 Å². The molecule has 1 saturated heterocycles. The van der Waals surface area contributed by atoms with Crippen molar-refractivity contribution in [2.75, 3.05) is 20.3 Å². The summed E-state index contributed by atoms with van der Waals surface area (Å²) in [5.74, 6) is 0.363. The number of likely N-dealkylation sites (tertiary alicyclic amines) is 1. The van der Waals surface area contributed by atoms with Crippen LogP contribution < -0.4 is 10.5 Å². The molecule has 3 N–H and O–H groups in total. The Morgan fingerprint density at radius 2 is 1.66 bits per heavy atom. The van der Waals surface area contributed by atoms with E-state index in [1.54, 1.807) is 0 Å². The van der Waals surface area contributed by atoms with Crippen LogP contribution in [-0.2, 0) is 20.7 Å². The second-order valence-electron chi connectivity index (χ2n) is 10.1. The van der Waals surface area contributed by atoms with Gasteiger partial charge in [0.2, 0.25) is 5.91 Å².